The van der Waals surface area contributed by atoms with Gasteiger partial charge in [-0.2, -0.15) is 0 Å². The lowest BCUT2D eigenvalue weighted by molar-refractivity contribution is 0.224. The second-order valence-corrected chi connectivity index (χ2v) is 1.47. The van der Waals surface area contributed by atoms with Crippen LogP contribution >= 0.6 is 0 Å². The van der Waals surface area contributed by atoms with Crippen molar-refractivity contribution in [1.82, 2.24) is 0 Å². The first-order valence-electron chi connectivity index (χ1n) is 2.51. The second kappa shape index (κ2) is 4.65. The Morgan fingerprint density at radius 2 is 2.12 bits per heavy atom. The number of methoxy groups -OCH3 is 2. The van der Waals surface area contributed by atoms with E-state index in [1.807, 2.05) is 13.0 Å². The quantitative estimate of drug-likeness (QED) is 0.515. The van der Waals surface area contributed by atoms with Gasteiger partial charge in [0.2, 0.25) is 0 Å². The maximum atomic E-state index is 4.83. The Kier molecular flexibility index (Phi) is 4.36. The van der Waals surface area contributed by atoms with E-state index in [9.17, 15) is 0 Å². The predicted octanol–water partition coefficient (Wildman–Crippen LogP) is 1.18. The van der Waals surface area contributed by atoms with Crippen molar-refractivity contribution < 1.29 is 9.47 Å². The van der Waals surface area contributed by atoms with E-state index in [-0.39, 0.29) is 0 Å². The van der Waals surface area contributed by atoms with E-state index in [0.29, 0.717) is 6.61 Å². The van der Waals surface area contributed by atoms with Crippen LogP contribution in [0.3, 0.4) is 0 Å². The molecule has 2 nitrogen and oxygen atoms in total. The number of ether oxygens (including phenoxy) is 2. The van der Waals surface area contributed by atoms with Gasteiger partial charge in [-0.3, -0.25) is 0 Å². The van der Waals surface area contributed by atoms with Crippen molar-refractivity contribution in [2.45, 2.75) is 6.92 Å². The van der Waals surface area contributed by atoms with Crippen LogP contribution in [0.25, 0.3) is 0 Å². The fourth-order valence-corrected chi connectivity index (χ4v) is 0.284. The molecule has 0 unspecified atom stereocenters. The summed E-state index contributed by atoms with van der Waals surface area (Å²) in [5.74, 6) is 0.895. The first-order valence-corrected chi connectivity index (χ1v) is 2.51. The average Bonchev–Trinajstić information content (AvgIpc) is 1.83. The van der Waals surface area contributed by atoms with Gasteiger partial charge >= 0.3 is 0 Å². The zero-order chi connectivity index (χ0) is 6.41. The molecule has 2 heteroatoms. The highest BCUT2D eigenvalue weighted by molar-refractivity contribution is 4.87. The SMILES string of the molecule is COCC=C(C)OC. The van der Waals surface area contributed by atoms with E-state index in [1.54, 1.807) is 14.2 Å². The lowest BCUT2D eigenvalue weighted by atomic mass is 10.5. The van der Waals surface area contributed by atoms with Gasteiger partial charge in [-0.1, -0.05) is 0 Å². The van der Waals surface area contributed by atoms with Crippen molar-refractivity contribution in [2.24, 2.45) is 0 Å². The van der Waals surface area contributed by atoms with Gasteiger partial charge in [0.05, 0.1) is 19.5 Å². The highest BCUT2D eigenvalue weighted by Gasteiger charge is 1.79. The summed E-state index contributed by atoms with van der Waals surface area (Å²) in [5.41, 5.74) is 0. The molecule has 0 fully saturated rings. The molecule has 0 heterocycles. The zero-order valence-electron chi connectivity index (χ0n) is 5.60. The van der Waals surface area contributed by atoms with Crippen LogP contribution in [0.5, 0.6) is 0 Å². The van der Waals surface area contributed by atoms with Crippen molar-refractivity contribution in [1.29, 1.82) is 0 Å². The Bertz CT molecular complexity index is 76.6. The Morgan fingerprint density at radius 3 is 2.50 bits per heavy atom. The van der Waals surface area contributed by atoms with Crippen molar-refractivity contribution in [3.05, 3.63) is 11.8 Å². The van der Waals surface area contributed by atoms with E-state index in [2.05, 4.69) is 0 Å². The molecule has 0 radical (unpaired) electrons. The molecule has 0 aromatic heterocycles. The van der Waals surface area contributed by atoms with E-state index in [4.69, 9.17) is 9.47 Å². The molecule has 0 bridgehead atoms. The molecule has 0 rings (SSSR count). The molecule has 0 aromatic carbocycles. The first-order chi connectivity index (χ1) is 3.81. The fourth-order valence-electron chi connectivity index (χ4n) is 0.284. The number of hydrogen-bond donors (Lipinski definition) is 0. The molecule has 0 atom stereocenters. The van der Waals surface area contributed by atoms with Crippen molar-refractivity contribution in [2.75, 3.05) is 20.8 Å². The number of allylic oxidation sites excluding steroid dienone is 1. The topological polar surface area (TPSA) is 18.5 Å². The zero-order valence-corrected chi connectivity index (χ0v) is 5.60. The van der Waals surface area contributed by atoms with Crippen molar-refractivity contribution >= 4 is 0 Å². The van der Waals surface area contributed by atoms with Gasteiger partial charge in [0.1, 0.15) is 0 Å². The average molecular weight is 116 g/mol. The summed E-state index contributed by atoms with van der Waals surface area (Å²) >= 11 is 0. The van der Waals surface area contributed by atoms with Crippen molar-refractivity contribution in [3.63, 3.8) is 0 Å². The highest BCUT2D eigenvalue weighted by atomic mass is 16.5. The Morgan fingerprint density at radius 1 is 1.50 bits per heavy atom. The van der Waals surface area contributed by atoms with E-state index >= 15 is 0 Å². The van der Waals surface area contributed by atoms with Gasteiger partial charge in [-0.15, -0.1) is 0 Å². The van der Waals surface area contributed by atoms with Crippen molar-refractivity contribution in [3.8, 4) is 0 Å². The standard InChI is InChI=1S/C6H12O2/c1-6(8-3)4-5-7-2/h4H,5H2,1-3H3. The number of hydrogen-bond acceptors (Lipinski definition) is 2. The predicted molar refractivity (Wildman–Crippen MR) is 32.6 cm³/mol. The molecule has 0 aromatic rings. The van der Waals surface area contributed by atoms with Crippen LogP contribution in [-0.4, -0.2) is 20.8 Å². The van der Waals surface area contributed by atoms with Crippen LogP contribution < -0.4 is 0 Å². The lowest BCUT2D eigenvalue weighted by Crippen LogP contribution is -1.85. The third-order valence-corrected chi connectivity index (χ3v) is 0.859. The molecule has 0 aliphatic heterocycles. The molecule has 0 N–H and O–H groups in total. The monoisotopic (exact) mass is 116 g/mol. The Labute approximate surface area is 50.1 Å². The normalized spacial score (nSPS) is 11.6. The maximum Gasteiger partial charge on any atom is 0.0907 e. The summed E-state index contributed by atoms with van der Waals surface area (Å²) in [6.07, 6.45) is 1.88. The van der Waals surface area contributed by atoms with E-state index < -0.39 is 0 Å². The van der Waals surface area contributed by atoms with Gasteiger partial charge in [-0.05, 0) is 13.0 Å². The molecular weight excluding hydrogens is 104 g/mol. The summed E-state index contributed by atoms with van der Waals surface area (Å²) in [4.78, 5) is 0. The molecule has 0 saturated heterocycles. The second-order valence-electron chi connectivity index (χ2n) is 1.47. The van der Waals surface area contributed by atoms with Gasteiger partial charge < -0.3 is 9.47 Å². The Balaban J connectivity index is 3.26. The van der Waals surface area contributed by atoms with Crippen LogP contribution in [0.15, 0.2) is 11.8 Å². The molecule has 48 valence electrons. The van der Waals surface area contributed by atoms with Gasteiger partial charge in [0.25, 0.3) is 0 Å². The minimum Gasteiger partial charge on any atom is -0.502 e. The first kappa shape index (κ1) is 7.50. The van der Waals surface area contributed by atoms with Crippen LogP contribution in [-0.2, 0) is 9.47 Å². The van der Waals surface area contributed by atoms with Crippen LogP contribution in [0.2, 0.25) is 0 Å². The molecule has 0 aliphatic rings. The third-order valence-electron chi connectivity index (χ3n) is 0.859. The largest absolute Gasteiger partial charge is 0.502 e. The highest BCUT2D eigenvalue weighted by Crippen LogP contribution is 1.89. The minimum atomic E-state index is 0.625. The van der Waals surface area contributed by atoms with Crippen LogP contribution in [0.4, 0.5) is 0 Å². The van der Waals surface area contributed by atoms with Gasteiger partial charge in [0.15, 0.2) is 0 Å². The molecular formula is C6H12O2. The van der Waals surface area contributed by atoms with Crippen LogP contribution in [0, 0.1) is 0 Å². The fraction of sp³-hybridized carbons (Fsp3) is 0.667. The Hall–Kier alpha value is -0.500. The summed E-state index contributed by atoms with van der Waals surface area (Å²) in [7, 11) is 3.29. The van der Waals surface area contributed by atoms with Gasteiger partial charge in [-0.25, -0.2) is 0 Å². The molecule has 0 spiro atoms. The van der Waals surface area contributed by atoms with Gasteiger partial charge in [0, 0.05) is 7.11 Å². The minimum absolute atomic E-state index is 0.625. The molecule has 0 saturated carbocycles. The van der Waals surface area contributed by atoms with Crippen LogP contribution in [0.1, 0.15) is 6.92 Å². The third kappa shape index (κ3) is 3.68. The summed E-state index contributed by atoms with van der Waals surface area (Å²) in [5, 5.41) is 0. The summed E-state index contributed by atoms with van der Waals surface area (Å²) in [6.45, 7) is 2.51. The summed E-state index contributed by atoms with van der Waals surface area (Å²) < 4.78 is 9.59. The molecule has 0 aliphatic carbocycles. The maximum absolute atomic E-state index is 4.83. The number of rotatable bonds is 3. The lowest BCUT2D eigenvalue weighted by Gasteiger charge is -1.95. The van der Waals surface area contributed by atoms with E-state index in [1.165, 1.54) is 0 Å². The van der Waals surface area contributed by atoms with E-state index in [0.717, 1.165) is 5.76 Å². The smallest absolute Gasteiger partial charge is 0.0907 e. The molecule has 8 heavy (non-hydrogen) atoms. The summed E-state index contributed by atoms with van der Waals surface area (Å²) in [6, 6.07) is 0. The molecule has 0 amide bonds.